The van der Waals surface area contributed by atoms with Crippen molar-refractivity contribution in [1.29, 1.82) is 0 Å². The third-order valence-corrected chi connectivity index (χ3v) is 5.44. The molecule has 0 spiro atoms. The highest BCUT2D eigenvalue weighted by Gasteiger charge is 2.14. The summed E-state index contributed by atoms with van der Waals surface area (Å²) in [5.74, 6) is 1.97. The zero-order valence-corrected chi connectivity index (χ0v) is 15.0. The quantitative estimate of drug-likeness (QED) is 0.776. The lowest BCUT2D eigenvalue weighted by atomic mass is 9.87. The van der Waals surface area contributed by atoms with Crippen molar-refractivity contribution in [1.82, 2.24) is 5.32 Å². The molecule has 4 heteroatoms. The second-order valence-electron chi connectivity index (χ2n) is 6.22. The standard InChI is InChI=1S/C18H23NOS2/c1-18(2,3)15-8-6-14(7-9-15)17(20)19-10-12-21-13-16-5-4-11-22-16/h4-9,11H,10,12-13H2,1-3H3,(H,19,20). The molecule has 0 aliphatic carbocycles. The van der Waals surface area contributed by atoms with E-state index in [0.29, 0.717) is 6.54 Å². The summed E-state index contributed by atoms with van der Waals surface area (Å²) >= 11 is 3.63. The van der Waals surface area contributed by atoms with Crippen molar-refractivity contribution < 1.29 is 4.79 Å². The van der Waals surface area contributed by atoms with Crippen LogP contribution in [0.4, 0.5) is 0 Å². The van der Waals surface area contributed by atoms with Crippen molar-refractivity contribution in [2.24, 2.45) is 0 Å². The van der Waals surface area contributed by atoms with Gasteiger partial charge in [0.1, 0.15) is 0 Å². The zero-order valence-electron chi connectivity index (χ0n) is 13.4. The Morgan fingerprint density at radius 1 is 1.18 bits per heavy atom. The fraction of sp³-hybridized carbons (Fsp3) is 0.389. The maximum Gasteiger partial charge on any atom is 0.251 e. The second-order valence-corrected chi connectivity index (χ2v) is 8.35. The molecule has 2 aromatic rings. The van der Waals surface area contributed by atoms with Crippen LogP contribution in [0.2, 0.25) is 0 Å². The van der Waals surface area contributed by atoms with E-state index < -0.39 is 0 Å². The molecule has 1 N–H and O–H groups in total. The molecule has 22 heavy (non-hydrogen) atoms. The molecule has 0 radical (unpaired) electrons. The third-order valence-electron chi connectivity index (χ3n) is 3.37. The van der Waals surface area contributed by atoms with Gasteiger partial charge in [-0.3, -0.25) is 4.79 Å². The Kier molecular flexibility index (Phi) is 6.09. The van der Waals surface area contributed by atoms with Gasteiger partial charge in [0, 0.05) is 28.5 Å². The second kappa shape index (κ2) is 7.84. The highest BCUT2D eigenvalue weighted by molar-refractivity contribution is 7.98. The largest absolute Gasteiger partial charge is 0.351 e. The minimum Gasteiger partial charge on any atom is -0.351 e. The van der Waals surface area contributed by atoms with E-state index in [0.717, 1.165) is 17.1 Å². The predicted octanol–water partition coefficient (Wildman–Crippen LogP) is 4.71. The monoisotopic (exact) mass is 333 g/mol. The summed E-state index contributed by atoms with van der Waals surface area (Å²) in [5, 5.41) is 5.08. The summed E-state index contributed by atoms with van der Waals surface area (Å²) < 4.78 is 0. The van der Waals surface area contributed by atoms with E-state index >= 15 is 0 Å². The number of carbonyl (C=O) groups is 1. The number of rotatable bonds is 6. The normalized spacial score (nSPS) is 11.4. The van der Waals surface area contributed by atoms with Crippen LogP contribution < -0.4 is 5.32 Å². The molecule has 0 aliphatic heterocycles. The predicted molar refractivity (Wildman–Crippen MR) is 98.0 cm³/mol. The van der Waals surface area contributed by atoms with Gasteiger partial charge in [0.25, 0.3) is 5.91 Å². The highest BCUT2D eigenvalue weighted by Crippen LogP contribution is 2.22. The van der Waals surface area contributed by atoms with Gasteiger partial charge in [-0.25, -0.2) is 0 Å². The van der Waals surface area contributed by atoms with Crippen molar-refractivity contribution in [2.45, 2.75) is 31.9 Å². The minimum atomic E-state index is 0.0113. The van der Waals surface area contributed by atoms with Gasteiger partial charge in [0.05, 0.1) is 0 Å². The van der Waals surface area contributed by atoms with Crippen LogP contribution in [0, 0.1) is 0 Å². The van der Waals surface area contributed by atoms with E-state index in [9.17, 15) is 4.79 Å². The first kappa shape index (κ1) is 17.1. The summed E-state index contributed by atoms with van der Waals surface area (Å²) in [4.78, 5) is 13.5. The van der Waals surface area contributed by atoms with E-state index in [1.54, 1.807) is 11.3 Å². The number of thioether (sulfide) groups is 1. The van der Waals surface area contributed by atoms with Gasteiger partial charge < -0.3 is 5.32 Å². The molecule has 118 valence electrons. The SMILES string of the molecule is CC(C)(C)c1ccc(C(=O)NCCSCc2cccs2)cc1. The molecule has 0 saturated heterocycles. The Hall–Kier alpha value is -1.26. The van der Waals surface area contributed by atoms with Crippen molar-refractivity contribution >= 4 is 29.0 Å². The van der Waals surface area contributed by atoms with E-state index in [2.05, 4.69) is 43.6 Å². The molecule has 0 unspecified atom stereocenters. The van der Waals surface area contributed by atoms with Gasteiger partial charge in [-0.2, -0.15) is 11.8 Å². The molecule has 1 aromatic carbocycles. The molecule has 0 bridgehead atoms. The smallest absolute Gasteiger partial charge is 0.251 e. The average molecular weight is 334 g/mol. The number of hydrogen-bond acceptors (Lipinski definition) is 3. The van der Waals surface area contributed by atoms with Gasteiger partial charge >= 0.3 is 0 Å². The third kappa shape index (κ3) is 5.18. The lowest BCUT2D eigenvalue weighted by Gasteiger charge is -2.19. The fourth-order valence-electron chi connectivity index (χ4n) is 2.03. The molecule has 1 aromatic heterocycles. The Balaban J connectivity index is 1.73. The highest BCUT2D eigenvalue weighted by atomic mass is 32.2. The summed E-state index contributed by atoms with van der Waals surface area (Å²) in [6.45, 7) is 7.22. The lowest BCUT2D eigenvalue weighted by Crippen LogP contribution is -2.25. The van der Waals surface area contributed by atoms with Gasteiger partial charge in [0.15, 0.2) is 0 Å². The summed E-state index contributed by atoms with van der Waals surface area (Å²) in [7, 11) is 0. The van der Waals surface area contributed by atoms with E-state index in [-0.39, 0.29) is 11.3 Å². The Morgan fingerprint density at radius 3 is 2.50 bits per heavy atom. The Labute approximate surface area is 141 Å². The Bertz CT molecular complexity index is 583. The lowest BCUT2D eigenvalue weighted by molar-refractivity contribution is 0.0956. The van der Waals surface area contributed by atoms with Crippen molar-refractivity contribution in [3.63, 3.8) is 0 Å². The fourth-order valence-corrected chi connectivity index (χ4v) is 3.73. The van der Waals surface area contributed by atoms with Crippen LogP contribution >= 0.6 is 23.1 Å². The van der Waals surface area contributed by atoms with Gasteiger partial charge in [-0.1, -0.05) is 39.0 Å². The van der Waals surface area contributed by atoms with Crippen LogP contribution in [-0.4, -0.2) is 18.2 Å². The zero-order chi connectivity index (χ0) is 16.0. The van der Waals surface area contributed by atoms with Crippen LogP contribution in [0.25, 0.3) is 0 Å². The van der Waals surface area contributed by atoms with Crippen LogP contribution in [0.15, 0.2) is 41.8 Å². The number of carbonyl (C=O) groups excluding carboxylic acids is 1. The number of hydrogen-bond donors (Lipinski definition) is 1. The average Bonchev–Trinajstić information content (AvgIpc) is 2.99. The molecular formula is C18H23NOS2. The van der Waals surface area contributed by atoms with Crippen molar-refractivity contribution in [2.75, 3.05) is 12.3 Å². The summed E-state index contributed by atoms with van der Waals surface area (Å²) in [5.41, 5.74) is 2.10. The summed E-state index contributed by atoms with van der Waals surface area (Å²) in [6.07, 6.45) is 0. The first-order valence-electron chi connectivity index (χ1n) is 7.46. The van der Waals surface area contributed by atoms with E-state index in [4.69, 9.17) is 0 Å². The number of thiophene rings is 1. The maximum atomic E-state index is 12.1. The van der Waals surface area contributed by atoms with Gasteiger partial charge in [-0.15, -0.1) is 11.3 Å². The van der Waals surface area contributed by atoms with Crippen molar-refractivity contribution in [3.8, 4) is 0 Å². The number of benzene rings is 1. The van der Waals surface area contributed by atoms with Crippen LogP contribution in [0.1, 0.15) is 41.6 Å². The molecule has 0 saturated carbocycles. The molecule has 2 nitrogen and oxygen atoms in total. The molecule has 1 heterocycles. The molecule has 1 amide bonds. The Morgan fingerprint density at radius 2 is 1.91 bits per heavy atom. The molecular weight excluding hydrogens is 310 g/mol. The van der Waals surface area contributed by atoms with E-state index in [1.165, 1.54) is 10.4 Å². The maximum absolute atomic E-state index is 12.1. The molecule has 2 rings (SSSR count). The minimum absolute atomic E-state index is 0.0113. The first-order valence-corrected chi connectivity index (χ1v) is 9.49. The van der Waals surface area contributed by atoms with E-state index in [1.807, 2.05) is 36.0 Å². The molecule has 0 aliphatic rings. The molecule has 0 atom stereocenters. The van der Waals surface area contributed by atoms with Crippen LogP contribution in [-0.2, 0) is 11.2 Å². The van der Waals surface area contributed by atoms with Crippen molar-refractivity contribution in [3.05, 3.63) is 57.8 Å². The number of amides is 1. The first-order chi connectivity index (χ1) is 10.5. The van der Waals surface area contributed by atoms with Crippen LogP contribution in [0.5, 0.6) is 0 Å². The van der Waals surface area contributed by atoms with Gasteiger partial charge in [0.2, 0.25) is 0 Å². The topological polar surface area (TPSA) is 29.1 Å². The van der Waals surface area contributed by atoms with Crippen LogP contribution in [0.3, 0.4) is 0 Å². The summed E-state index contributed by atoms with van der Waals surface area (Å²) in [6, 6.07) is 12.1. The number of nitrogens with one attached hydrogen (secondary N) is 1. The van der Waals surface area contributed by atoms with Gasteiger partial charge in [-0.05, 0) is 34.6 Å². The molecule has 0 fully saturated rings.